The minimum absolute atomic E-state index is 0.0249. The van der Waals surface area contributed by atoms with Crippen LogP contribution < -0.4 is 10.1 Å². The highest BCUT2D eigenvalue weighted by Gasteiger charge is 2.11. The lowest BCUT2D eigenvalue weighted by Crippen LogP contribution is -1.97. The van der Waals surface area contributed by atoms with Crippen molar-refractivity contribution < 1.29 is 9.66 Å². The second-order valence-corrected chi connectivity index (χ2v) is 7.24. The molecule has 0 amide bonds. The molecule has 0 spiro atoms. The fourth-order valence-corrected chi connectivity index (χ4v) is 3.39. The number of ether oxygens (including phenoxy) is 1. The van der Waals surface area contributed by atoms with E-state index in [2.05, 4.69) is 23.3 Å². The highest BCUT2D eigenvalue weighted by molar-refractivity contribution is 7.11. The first kappa shape index (κ1) is 21.0. The molecule has 1 heterocycles. The Morgan fingerprint density at radius 2 is 2.13 bits per heavy atom. The normalized spacial score (nSPS) is 11.0. The Morgan fingerprint density at radius 1 is 1.33 bits per heavy atom. The van der Waals surface area contributed by atoms with Crippen molar-refractivity contribution in [2.75, 3.05) is 11.9 Å². The molecule has 3 aromatic rings. The number of nitriles is 1. The van der Waals surface area contributed by atoms with Gasteiger partial charge in [-0.25, -0.2) is 4.98 Å². The summed E-state index contributed by atoms with van der Waals surface area (Å²) in [6.45, 7) is 2.78. The second-order valence-electron chi connectivity index (χ2n) is 6.39. The van der Waals surface area contributed by atoms with Crippen LogP contribution in [0.25, 0.3) is 16.8 Å². The zero-order valence-electron chi connectivity index (χ0n) is 16.4. The van der Waals surface area contributed by atoms with E-state index in [1.165, 1.54) is 23.5 Å². The van der Waals surface area contributed by atoms with Gasteiger partial charge in [-0.3, -0.25) is 10.1 Å². The predicted molar refractivity (Wildman–Crippen MR) is 118 cm³/mol. The number of benzene rings is 2. The van der Waals surface area contributed by atoms with Crippen LogP contribution in [-0.4, -0.2) is 16.5 Å². The Kier molecular flexibility index (Phi) is 7.14. The van der Waals surface area contributed by atoms with Crippen LogP contribution in [0.1, 0.15) is 24.8 Å². The first-order valence-corrected chi connectivity index (χ1v) is 10.3. The number of hydrogen-bond acceptors (Lipinski definition) is 7. The average molecular weight is 420 g/mol. The fourth-order valence-electron chi connectivity index (χ4n) is 2.59. The molecule has 0 aliphatic rings. The molecule has 8 heteroatoms. The summed E-state index contributed by atoms with van der Waals surface area (Å²) >= 11 is 1.34. The molecule has 7 nitrogen and oxygen atoms in total. The second kappa shape index (κ2) is 10.2. The van der Waals surface area contributed by atoms with Crippen LogP contribution in [0.3, 0.4) is 0 Å². The van der Waals surface area contributed by atoms with E-state index < -0.39 is 4.92 Å². The van der Waals surface area contributed by atoms with Crippen LogP contribution in [0.4, 0.5) is 11.4 Å². The van der Waals surface area contributed by atoms with Crippen molar-refractivity contribution in [2.45, 2.75) is 19.8 Å². The van der Waals surface area contributed by atoms with Gasteiger partial charge in [0.15, 0.2) is 0 Å². The maximum absolute atomic E-state index is 10.8. The van der Waals surface area contributed by atoms with Crippen LogP contribution in [0.5, 0.6) is 5.75 Å². The molecule has 1 aromatic heterocycles. The van der Waals surface area contributed by atoms with E-state index in [-0.39, 0.29) is 5.69 Å². The molecule has 3 rings (SSSR count). The molecule has 0 aliphatic carbocycles. The number of rotatable bonds is 9. The number of thiazole rings is 1. The Hall–Kier alpha value is -3.70. The van der Waals surface area contributed by atoms with Gasteiger partial charge >= 0.3 is 0 Å². The molecule has 0 aliphatic heterocycles. The number of anilines is 1. The third-order valence-electron chi connectivity index (χ3n) is 4.21. The summed E-state index contributed by atoms with van der Waals surface area (Å²) in [7, 11) is 0. The Morgan fingerprint density at radius 3 is 2.83 bits per heavy atom. The molecule has 0 saturated carbocycles. The monoisotopic (exact) mass is 420 g/mol. The average Bonchev–Trinajstić information content (AvgIpc) is 3.25. The number of non-ortho nitro benzene ring substituents is 1. The number of allylic oxidation sites excluding steroid dienone is 1. The van der Waals surface area contributed by atoms with E-state index in [9.17, 15) is 15.4 Å². The van der Waals surface area contributed by atoms with Gasteiger partial charge in [0.1, 0.15) is 22.4 Å². The number of unbranched alkanes of at least 4 members (excludes halogenated alkanes) is 1. The highest BCUT2D eigenvalue weighted by atomic mass is 32.1. The van der Waals surface area contributed by atoms with Gasteiger partial charge in [0.25, 0.3) is 5.69 Å². The third-order valence-corrected chi connectivity index (χ3v) is 5.09. The standard InChI is InChI=1S/C22H20N4O3S/c1-2-3-11-29-20-6-4-5-18(12-20)24-14-17(13-23)22-25-21(15-30-22)16-7-9-19(10-8-16)26(27)28/h4-10,12,14-15,24H,2-3,11H2,1H3/b17-14-. The number of aromatic nitrogens is 1. The molecule has 0 fully saturated rings. The van der Waals surface area contributed by atoms with Crippen molar-refractivity contribution in [1.82, 2.24) is 4.98 Å². The maximum atomic E-state index is 10.8. The van der Waals surface area contributed by atoms with Crippen LogP contribution in [0.2, 0.25) is 0 Å². The molecule has 2 aromatic carbocycles. The molecular weight excluding hydrogens is 400 g/mol. The Labute approximate surface area is 178 Å². The smallest absolute Gasteiger partial charge is 0.269 e. The van der Waals surface area contributed by atoms with Crippen molar-refractivity contribution in [1.29, 1.82) is 5.26 Å². The zero-order chi connectivity index (χ0) is 21.3. The predicted octanol–water partition coefficient (Wildman–Crippen LogP) is 5.87. The van der Waals surface area contributed by atoms with Crippen LogP contribution in [-0.2, 0) is 0 Å². The number of nitrogens with zero attached hydrogens (tertiary/aromatic N) is 3. The third kappa shape index (κ3) is 5.43. The summed E-state index contributed by atoms with van der Waals surface area (Å²) in [5.74, 6) is 0.773. The first-order chi connectivity index (χ1) is 14.6. The van der Waals surface area contributed by atoms with Crippen molar-refractivity contribution in [2.24, 2.45) is 0 Å². The first-order valence-electron chi connectivity index (χ1n) is 9.41. The van der Waals surface area contributed by atoms with Crippen molar-refractivity contribution in [3.8, 4) is 23.1 Å². The molecule has 0 unspecified atom stereocenters. The van der Waals surface area contributed by atoms with Gasteiger partial charge in [-0.1, -0.05) is 19.4 Å². The quantitative estimate of drug-likeness (QED) is 0.201. The molecule has 0 atom stereocenters. The van der Waals surface area contributed by atoms with Crippen LogP contribution in [0, 0.1) is 21.4 Å². The Bertz CT molecular complexity index is 1080. The minimum atomic E-state index is -0.442. The van der Waals surface area contributed by atoms with Gasteiger partial charge in [-0.05, 0) is 30.7 Å². The zero-order valence-corrected chi connectivity index (χ0v) is 17.2. The summed E-state index contributed by atoms with van der Waals surface area (Å²) in [4.78, 5) is 14.8. The molecule has 152 valence electrons. The maximum Gasteiger partial charge on any atom is 0.269 e. The molecule has 0 saturated heterocycles. The lowest BCUT2D eigenvalue weighted by Gasteiger charge is -2.07. The van der Waals surface area contributed by atoms with Gasteiger partial charge in [0.05, 0.1) is 17.2 Å². The molecule has 0 bridgehead atoms. The number of nitro benzene ring substituents is 1. The number of hydrogen-bond donors (Lipinski definition) is 1. The lowest BCUT2D eigenvalue weighted by atomic mass is 10.1. The summed E-state index contributed by atoms with van der Waals surface area (Å²) in [5.41, 5.74) is 2.65. The van der Waals surface area contributed by atoms with E-state index in [0.29, 0.717) is 22.9 Å². The van der Waals surface area contributed by atoms with E-state index in [1.807, 2.05) is 29.6 Å². The van der Waals surface area contributed by atoms with Crippen molar-refractivity contribution in [3.05, 3.63) is 75.2 Å². The lowest BCUT2D eigenvalue weighted by molar-refractivity contribution is -0.384. The van der Waals surface area contributed by atoms with Crippen LogP contribution >= 0.6 is 11.3 Å². The fraction of sp³-hybridized carbons (Fsp3) is 0.182. The highest BCUT2D eigenvalue weighted by Crippen LogP contribution is 2.27. The van der Waals surface area contributed by atoms with E-state index in [1.54, 1.807) is 18.3 Å². The van der Waals surface area contributed by atoms with E-state index in [0.717, 1.165) is 29.8 Å². The minimum Gasteiger partial charge on any atom is -0.494 e. The van der Waals surface area contributed by atoms with E-state index >= 15 is 0 Å². The molecule has 1 N–H and O–H groups in total. The van der Waals surface area contributed by atoms with Gasteiger partial charge in [0, 0.05) is 41.0 Å². The van der Waals surface area contributed by atoms with E-state index in [4.69, 9.17) is 4.74 Å². The summed E-state index contributed by atoms with van der Waals surface area (Å²) < 4.78 is 5.70. The SMILES string of the molecule is CCCCOc1cccc(N/C=C(/C#N)c2nc(-c3ccc([N+](=O)[O-])cc3)cs2)c1. The van der Waals surface area contributed by atoms with Gasteiger partial charge in [0.2, 0.25) is 0 Å². The van der Waals surface area contributed by atoms with Gasteiger partial charge in [-0.15, -0.1) is 11.3 Å². The Balaban J connectivity index is 1.72. The topological polar surface area (TPSA) is 101 Å². The largest absolute Gasteiger partial charge is 0.494 e. The van der Waals surface area contributed by atoms with Crippen molar-refractivity contribution in [3.63, 3.8) is 0 Å². The van der Waals surface area contributed by atoms with Gasteiger partial charge in [-0.2, -0.15) is 5.26 Å². The summed E-state index contributed by atoms with van der Waals surface area (Å²) in [5, 5.41) is 25.8. The van der Waals surface area contributed by atoms with Gasteiger partial charge < -0.3 is 10.1 Å². The van der Waals surface area contributed by atoms with Crippen molar-refractivity contribution >= 4 is 28.3 Å². The molecular formula is C22H20N4O3S. The summed E-state index contributed by atoms with van der Waals surface area (Å²) in [6, 6.07) is 15.9. The molecule has 30 heavy (non-hydrogen) atoms. The summed E-state index contributed by atoms with van der Waals surface area (Å²) in [6.07, 6.45) is 3.68. The molecule has 0 radical (unpaired) electrons. The van der Waals surface area contributed by atoms with Crippen LogP contribution in [0.15, 0.2) is 60.1 Å². The number of nitro groups is 1. The number of nitrogens with one attached hydrogen (secondary N) is 1.